The molecule has 2 aromatic heterocycles. The van der Waals surface area contributed by atoms with E-state index in [1.54, 1.807) is 6.20 Å². The maximum absolute atomic E-state index is 12.9. The van der Waals surface area contributed by atoms with Crippen LogP contribution in [0, 0.1) is 12.8 Å². The predicted octanol–water partition coefficient (Wildman–Crippen LogP) is 2.60. The largest absolute Gasteiger partial charge is 0.486 e. The molecule has 1 fully saturated rings. The van der Waals surface area contributed by atoms with Crippen molar-refractivity contribution in [1.82, 2.24) is 19.7 Å². The number of ether oxygens (including phenoxy) is 2. The third-order valence-corrected chi connectivity index (χ3v) is 5.63. The van der Waals surface area contributed by atoms with Gasteiger partial charge in [-0.25, -0.2) is 4.98 Å². The van der Waals surface area contributed by atoms with Gasteiger partial charge in [-0.1, -0.05) is 0 Å². The van der Waals surface area contributed by atoms with Crippen molar-refractivity contribution in [2.24, 2.45) is 5.92 Å². The Morgan fingerprint density at radius 2 is 1.90 bits per heavy atom. The van der Waals surface area contributed by atoms with Gasteiger partial charge in [-0.2, -0.15) is 0 Å². The minimum atomic E-state index is -0.126. The van der Waals surface area contributed by atoms with Gasteiger partial charge in [-0.05, 0) is 44.0 Å². The van der Waals surface area contributed by atoms with Gasteiger partial charge in [0.1, 0.15) is 19.0 Å². The first-order valence-corrected chi connectivity index (χ1v) is 10.5. The summed E-state index contributed by atoms with van der Waals surface area (Å²) >= 11 is 0. The molecule has 1 unspecified atom stereocenters. The van der Waals surface area contributed by atoms with Crippen LogP contribution in [0.1, 0.15) is 18.7 Å². The fourth-order valence-corrected chi connectivity index (χ4v) is 4.00. The number of carbonyl (C=O) groups is 1. The highest BCUT2D eigenvalue weighted by Gasteiger charge is 2.27. The number of nitrogens with one attached hydrogen (secondary N) is 1. The normalized spacial score (nSPS) is 18.0. The zero-order valence-corrected chi connectivity index (χ0v) is 17.3. The number of amides is 1. The van der Waals surface area contributed by atoms with E-state index in [-0.39, 0.29) is 11.8 Å². The first kappa shape index (κ1) is 19.3. The fraction of sp³-hybridized carbons (Fsp3) is 0.364. The van der Waals surface area contributed by atoms with Gasteiger partial charge in [0.2, 0.25) is 5.91 Å². The Morgan fingerprint density at radius 1 is 1.10 bits per heavy atom. The Bertz CT molecular complexity index is 1080. The number of fused-ring (bicyclic) bond motifs is 1. The van der Waals surface area contributed by atoms with Crippen molar-refractivity contribution in [3.05, 3.63) is 48.5 Å². The number of piperidine rings is 1. The maximum atomic E-state index is 12.9. The van der Waals surface area contributed by atoms with Crippen LogP contribution in [-0.2, 0) is 4.79 Å². The second-order valence-corrected chi connectivity index (χ2v) is 7.73. The molecule has 3 aromatic rings. The molecule has 9 heteroatoms. The predicted molar refractivity (Wildman–Crippen MR) is 115 cm³/mol. The van der Waals surface area contributed by atoms with E-state index in [4.69, 9.17) is 9.47 Å². The smallest absolute Gasteiger partial charge is 0.229 e. The number of hydrogen-bond acceptors (Lipinski definition) is 7. The minimum absolute atomic E-state index is 0.00000238. The van der Waals surface area contributed by atoms with E-state index in [1.165, 1.54) is 0 Å². The lowest BCUT2D eigenvalue weighted by atomic mass is 9.97. The Morgan fingerprint density at radius 3 is 2.68 bits per heavy atom. The van der Waals surface area contributed by atoms with Gasteiger partial charge in [0.05, 0.1) is 5.92 Å². The number of anilines is 2. The highest BCUT2D eigenvalue weighted by molar-refractivity contribution is 5.93. The van der Waals surface area contributed by atoms with E-state index in [2.05, 4.69) is 25.4 Å². The lowest BCUT2D eigenvalue weighted by Crippen LogP contribution is -2.41. The monoisotopic (exact) mass is 420 g/mol. The van der Waals surface area contributed by atoms with E-state index in [0.29, 0.717) is 36.9 Å². The molecule has 5 rings (SSSR count). The second kappa shape index (κ2) is 8.25. The van der Waals surface area contributed by atoms with E-state index in [1.807, 2.05) is 48.0 Å². The number of nitrogens with zero attached hydrogens (tertiary/aromatic N) is 5. The number of imidazole rings is 1. The molecule has 1 N–H and O–H groups in total. The van der Waals surface area contributed by atoms with Crippen LogP contribution in [0.5, 0.6) is 11.5 Å². The molecule has 0 radical (unpaired) electrons. The Hall–Kier alpha value is -3.62. The zero-order chi connectivity index (χ0) is 21.2. The third kappa shape index (κ3) is 4.03. The topological polar surface area (TPSA) is 94.4 Å². The van der Waals surface area contributed by atoms with Gasteiger partial charge in [0.25, 0.3) is 0 Å². The molecule has 1 aromatic carbocycles. The maximum Gasteiger partial charge on any atom is 0.229 e. The van der Waals surface area contributed by atoms with Crippen molar-refractivity contribution < 1.29 is 14.3 Å². The van der Waals surface area contributed by atoms with Gasteiger partial charge >= 0.3 is 0 Å². The number of hydrogen-bond donors (Lipinski definition) is 1. The lowest BCUT2D eigenvalue weighted by Gasteiger charge is -2.32. The number of aryl methyl sites for hydroxylation is 1. The summed E-state index contributed by atoms with van der Waals surface area (Å²) in [6, 6.07) is 9.36. The molecule has 0 aliphatic carbocycles. The molecular weight excluding hydrogens is 396 g/mol. The molecule has 0 saturated carbocycles. The van der Waals surface area contributed by atoms with Crippen molar-refractivity contribution in [3.8, 4) is 17.3 Å². The lowest BCUT2D eigenvalue weighted by molar-refractivity contribution is -0.120. The van der Waals surface area contributed by atoms with Gasteiger partial charge in [0.15, 0.2) is 23.1 Å². The number of aromatic nitrogens is 4. The Labute approximate surface area is 180 Å². The van der Waals surface area contributed by atoms with E-state index in [0.717, 1.165) is 36.8 Å². The van der Waals surface area contributed by atoms with Crippen molar-refractivity contribution >= 4 is 17.4 Å². The molecule has 0 spiro atoms. The number of benzene rings is 1. The Kier molecular flexibility index (Phi) is 5.15. The van der Waals surface area contributed by atoms with Gasteiger partial charge in [0, 0.05) is 37.2 Å². The third-order valence-electron chi connectivity index (χ3n) is 5.63. The SMILES string of the molecule is Cc1nccn1-c1ccc(N2CCCC(C(=O)Nc3ccc4c(c3)OCCO4)C2)nn1. The average Bonchev–Trinajstić information content (AvgIpc) is 3.25. The molecule has 31 heavy (non-hydrogen) atoms. The van der Waals surface area contributed by atoms with Crippen LogP contribution in [0.25, 0.3) is 5.82 Å². The van der Waals surface area contributed by atoms with Crippen LogP contribution in [0.3, 0.4) is 0 Å². The van der Waals surface area contributed by atoms with Crippen LogP contribution in [0.2, 0.25) is 0 Å². The van der Waals surface area contributed by atoms with Crippen LogP contribution in [0.15, 0.2) is 42.7 Å². The van der Waals surface area contributed by atoms with Crippen LogP contribution >= 0.6 is 0 Å². The molecular formula is C22H24N6O3. The highest BCUT2D eigenvalue weighted by atomic mass is 16.6. The molecule has 4 heterocycles. The molecule has 1 saturated heterocycles. The summed E-state index contributed by atoms with van der Waals surface area (Å²) in [5, 5.41) is 11.8. The molecule has 1 atom stereocenters. The van der Waals surface area contributed by atoms with Crippen molar-refractivity contribution in [3.63, 3.8) is 0 Å². The molecule has 9 nitrogen and oxygen atoms in total. The average molecular weight is 420 g/mol. The van der Waals surface area contributed by atoms with Crippen molar-refractivity contribution in [2.45, 2.75) is 19.8 Å². The molecule has 0 bridgehead atoms. The van der Waals surface area contributed by atoms with Gasteiger partial charge in [-0.15, -0.1) is 10.2 Å². The summed E-state index contributed by atoms with van der Waals surface area (Å²) < 4.78 is 13.0. The molecule has 2 aliphatic heterocycles. The van der Waals surface area contributed by atoms with Crippen LogP contribution in [0.4, 0.5) is 11.5 Å². The van der Waals surface area contributed by atoms with E-state index >= 15 is 0 Å². The van der Waals surface area contributed by atoms with Crippen LogP contribution < -0.4 is 19.7 Å². The summed E-state index contributed by atoms with van der Waals surface area (Å²) in [6.07, 6.45) is 5.36. The van der Waals surface area contributed by atoms with E-state index < -0.39 is 0 Å². The van der Waals surface area contributed by atoms with Gasteiger partial charge < -0.3 is 19.7 Å². The van der Waals surface area contributed by atoms with Crippen LogP contribution in [-0.4, -0.2) is 52.0 Å². The zero-order valence-electron chi connectivity index (χ0n) is 17.3. The van der Waals surface area contributed by atoms with Crippen molar-refractivity contribution in [1.29, 1.82) is 0 Å². The first-order valence-electron chi connectivity index (χ1n) is 10.5. The summed E-state index contributed by atoms with van der Waals surface area (Å²) in [4.78, 5) is 19.2. The van der Waals surface area contributed by atoms with E-state index in [9.17, 15) is 4.79 Å². The molecule has 2 aliphatic rings. The van der Waals surface area contributed by atoms with Gasteiger partial charge in [-0.3, -0.25) is 9.36 Å². The minimum Gasteiger partial charge on any atom is -0.486 e. The molecule has 1 amide bonds. The highest BCUT2D eigenvalue weighted by Crippen LogP contribution is 2.33. The molecule has 160 valence electrons. The summed E-state index contributed by atoms with van der Waals surface area (Å²) in [5.74, 6) is 3.61. The standard InChI is InChI=1S/C22H24N6O3/c1-15-23-8-10-28(15)21-7-6-20(25-26-21)27-9-2-3-16(14-27)22(29)24-17-4-5-18-19(13-17)31-12-11-30-18/h4-8,10,13,16H,2-3,9,11-12,14H2,1H3,(H,24,29). The number of rotatable bonds is 4. The number of carbonyl (C=O) groups excluding carboxylic acids is 1. The summed E-state index contributed by atoms with van der Waals surface area (Å²) in [6.45, 7) is 4.44. The quantitative estimate of drug-likeness (QED) is 0.693. The first-order chi connectivity index (χ1) is 15.2. The second-order valence-electron chi connectivity index (χ2n) is 7.73. The Balaban J connectivity index is 1.25. The fourth-order valence-electron chi connectivity index (χ4n) is 4.00. The summed E-state index contributed by atoms with van der Waals surface area (Å²) in [7, 11) is 0. The summed E-state index contributed by atoms with van der Waals surface area (Å²) in [5.41, 5.74) is 0.714. The van der Waals surface area contributed by atoms with Crippen molar-refractivity contribution in [2.75, 3.05) is 36.5 Å².